The predicted octanol–water partition coefficient (Wildman–Crippen LogP) is 5.59. The molecule has 1 amide bonds. The van der Waals surface area contributed by atoms with Crippen molar-refractivity contribution in [2.24, 2.45) is 0 Å². The average Bonchev–Trinajstić information content (AvgIpc) is 3.35. The van der Waals surface area contributed by atoms with E-state index in [4.69, 9.17) is 4.74 Å². The van der Waals surface area contributed by atoms with Crippen LogP contribution in [-0.4, -0.2) is 28.9 Å². The van der Waals surface area contributed by atoms with Crippen molar-refractivity contribution in [1.82, 2.24) is 4.98 Å². The molecule has 2 heterocycles. The quantitative estimate of drug-likeness (QED) is 0.372. The zero-order chi connectivity index (χ0) is 24.5. The second-order valence-corrected chi connectivity index (χ2v) is 8.66. The molecule has 35 heavy (non-hydrogen) atoms. The molecule has 1 aliphatic rings. The summed E-state index contributed by atoms with van der Waals surface area (Å²) in [4.78, 5) is 31.9. The van der Waals surface area contributed by atoms with E-state index in [-0.39, 0.29) is 17.8 Å². The number of aromatic amines is 1. The number of carbonyl (C=O) groups excluding carboxylic acids is 2. The molecular weight excluding hydrogens is 440 g/mol. The van der Waals surface area contributed by atoms with Gasteiger partial charge in [-0.25, -0.2) is 0 Å². The maximum absolute atomic E-state index is 13.6. The number of carbonyl (C=O) groups is 2. The molecule has 5 rings (SSSR count). The molecule has 6 heteroatoms. The van der Waals surface area contributed by atoms with Crippen LogP contribution in [0, 0.1) is 6.92 Å². The van der Waals surface area contributed by atoms with Gasteiger partial charge in [-0.05, 0) is 49.2 Å². The van der Waals surface area contributed by atoms with Crippen LogP contribution in [0.15, 0.2) is 90.2 Å². The normalized spacial score (nSPS) is 15.8. The number of ether oxygens (including phenoxy) is 1. The Kier molecular flexibility index (Phi) is 5.87. The molecule has 0 spiro atoms. The van der Waals surface area contributed by atoms with Gasteiger partial charge in [0.05, 0.1) is 18.7 Å². The minimum Gasteiger partial charge on any atom is -0.503 e. The zero-order valence-electron chi connectivity index (χ0n) is 19.6. The highest BCUT2D eigenvalue weighted by molar-refractivity contribution is 6.17. The van der Waals surface area contributed by atoms with Crippen LogP contribution in [0.1, 0.15) is 29.3 Å². The smallest absolute Gasteiger partial charge is 0.294 e. The summed E-state index contributed by atoms with van der Waals surface area (Å²) in [6.45, 7) is 1.92. The molecular formula is C29H26N2O4. The number of anilines is 1. The summed E-state index contributed by atoms with van der Waals surface area (Å²) in [5.74, 6) is -0.677. The third-order valence-electron chi connectivity index (χ3n) is 6.56. The number of aliphatic hydroxyl groups is 1. The highest BCUT2D eigenvalue weighted by atomic mass is 16.5. The molecule has 0 radical (unpaired) electrons. The number of hydrogen-bond donors (Lipinski definition) is 2. The van der Waals surface area contributed by atoms with Gasteiger partial charge in [-0.2, -0.15) is 0 Å². The van der Waals surface area contributed by atoms with E-state index in [1.165, 1.54) is 4.90 Å². The summed E-state index contributed by atoms with van der Waals surface area (Å²) < 4.78 is 5.27. The van der Waals surface area contributed by atoms with E-state index in [0.29, 0.717) is 17.9 Å². The molecule has 0 saturated heterocycles. The number of Topliss-reactive ketones (excluding diaryl/α,β-unsaturated/α-hetero) is 1. The Balaban J connectivity index is 1.61. The number of fused-ring (bicyclic) bond motifs is 1. The van der Waals surface area contributed by atoms with Gasteiger partial charge in [-0.1, -0.05) is 48.5 Å². The lowest BCUT2D eigenvalue weighted by Gasteiger charge is -2.27. The fourth-order valence-electron chi connectivity index (χ4n) is 4.86. The maximum Gasteiger partial charge on any atom is 0.294 e. The SMILES string of the molecule is COc1ccc(N2C(=O)C(O)=C(C(=O)CCc3ccccc3)C2c2c(C)[nH]c3ccccc23)cc1. The van der Waals surface area contributed by atoms with Crippen LogP contribution in [0.4, 0.5) is 5.69 Å². The fourth-order valence-corrected chi connectivity index (χ4v) is 4.86. The number of aromatic nitrogens is 1. The number of aliphatic hydroxyl groups excluding tert-OH is 1. The minimum atomic E-state index is -0.754. The highest BCUT2D eigenvalue weighted by Gasteiger charge is 2.45. The summed E-state index contributed by atoms with van der Waals surface area (Å²) in [6, 6.07) is 23.8. The summed E-state index contributed by atoms with van der Waals surface area (Å²) in [5.41, 5.74) is 4.28. The van der Waals surface area contributed by atoms with Crippen molar-refractivity contribution in [1.29, 1.82) is 0 Å². The third kappa shape index (κ3) is 3.97. The van der Waals surface area contributed by atoms with Crippen molar-refractivity contribution in [3.63, 3.8) is 0 Å². The van der Waals surface area contributed by atoms with E-state index < -0.39 is 17.7 Å². The molecule has 1 unspecified atom stereocenters. The first-order valence-corrected chi connectivity index (χ1v) is 11.5. The molecule has 2 N–H and O–H groups in total. The summed E-state index contributed by atoms with van der Waals surface area (Å²) in [6.07, 6.45) is 0.706. The zero-order valence-corrected chi connectivity index (χ0v) is 19.6. The number of aryl methyl sites for hydroxylation is 2. The monoisotopic (exact) mass is 466 g/mol. The standard InChI is InChI=1S/C29H26N2O4/c1-18-25(22-10-6-7-11-23(22)30-18)27-26(24(32)17-12-19-8-4-3-5-9-19)28(33)29(34)31(27)20-13-15-21(35-2)16-14-20/h3-11,13-16,27,30,33H,12,17H2,1-2H3. The minimum absolute atomic E-state index is 0.134. The van der Waals surface area contributed by atoms with Crippen molar-refractivity contribution >= 4 is 28.3 Å². The molecule has 0 saturated carbocycles. The van der Waals surface area contributed by atoms with E-state index in [9.17, 15) is 14.7 Å². The number of hydrogen-bond acceptors (Lipinski definition) is 4. The molecule has 4 aromatic rings. The molecule has 3 aromatic carbocycles. The van der Waals surface area contributed by atoms with Crippen molar-refractivity contribution in [2.75, 3.05) is 12.0 Å². The number of ketones is 1. The Morgan fingerprint density at radius 1 is 1.00 bits per heavy atom. The topological polar surface area (TPSA) is 82.6 Å². The van der Waals surface area contributed by atoms with Gasteiger partial charge in [0.15, 0.2) is 11.5 Å². The van der Waals surface area contributed by atoms with Crippen molar-refractivity contribution < 1.29 is 19.4 Å². The number of nitrogens with one attached hydrogen (secondary N) is 1. The number of methoxy groups -OCH3 is 1. The van der Waals surface area contributed by atoms with Crippen LogP contribution in [0.5, 0.6) is 5.75 Å². The largest absolute Gasteiger partial charge is 0.503 e. The third-order valence-corrected chi connectivity index (χ3v) is 6.56. The van der Waals surface area contributed by atoms with Gasteiger partial charge in [0, 0.05) is 34.3 Å². The number of para-hydroxylation sites is 1. The van der Waals surface area contributed by atoms with Crippen molar-refractivity contribution in [2.45, 2.75) is 25.8 Å². The van der Waals surface area contributed by atoms with Gasteiger partial charge in [-0.3, -0.25) is 14.5 Å². The van der Waals surface area contributed by atoms with Gasteiger partial charge in [-0.15, -0.1) is 0 Å². The molecule has 176 valence electrons. The second-order valence-electron chi connectivity index (χ2n) is 8.66. The molecule has 0 aliphatic carbocycles. The van der Waals surface area contributed by atoms with Crippen LogP contribution in [0.2, 0.25) is 0 Å². The van der Waals surface area contributed by atoms with Crippen LogP contribution in [0.25, 0.3) is 10.9 Å². The lowest BCUT2D eigenvalue weighted by molar-refractivity contribution is -0.118. The lowest BCUT2D eigenvalue weighted by Crippen LogP contribution is -2.31. The molecule has 0 bridgehead atoms. The average molecular weight is 467 g/mol. The van der Waals surface area contributed by atoms with E-state index in [1.54, 1.807) is 31.4 Å². The molecule has 0 fully saturated rings. The maximum atomic E-state index is 13.6. The molecule has 1 aromatic heterocycles. The Bertz CT molecular complexity index is 1430. The van der Waals surface area contributed by atoms with Crippen molar-refractivity contribution in [3.8, 4) is 5.75 Å². The van der Waals surface area contributed by atoms with E-state index in [2.05, 4.69) is 4.98 Å². The summed E-state index contributed by atoms with van der Waals surface area (Å²) >= 11 is 0. The van der Waals surface area contributed by atoms with E-state index in [0.717, 1.165) is 27.7 Å². The first-order chi connectivity index (χ1) is 17.0. The van der Waals surface area contributed by atoms with Crippen LogP contribution < -0.4 is 9.64 Å². The Morgan fingerprint density at radius 3 is 2.40 bits per heavy atom. The van der Waals surface area contributed by atoms with Gasteiger partial charge in [0.25, 0.3) is 5.91 Å². The van der Waals surface area contributed by atoms with Gasteiger partial charge in [0.2, 0.25) is 0 Å². The lowest BCUT2D eigenvalue weighted by atomic mass is 9.91. The number of rotatable bonds is 7. The first kappa shape index (κ1) is 22.5. The van der Waals surface area contributed by atoms with E-state index in [1.807, 2.05) is 61.5 Å². The summed E-state index contributed by atoms with van der Waals surface area (Å²) in [7, 11) is 1.57. The number of nitrogens with zero attached hydrogens (tertiary/aromatic N) is 1. The molecule has 1 atom stereocenters. The fraction of sp³-hybridized carbons (Fsp3) is 0.172. The molecule has 1 aliphatic heterocycles. The Hall–Kier alpha value is -4.32. The number of benzene rings is 3. The van der Waals surface area contributed by atoms with Gasteiger partial charge in [0.1, 0.15) is 5.75 Å². The van der Waals surface area contributed by atoms with Crippen LogP contribution in [-0.2, 0) is 16.0 Å². The number of H-pyrrole nitrogens is 1. The molecule has 6 nitrogen and oxygen atoms in total. The van der Waals surface area contributed by atoms with Crippen molar-refractivity contribution in [3.05, 3.63) is 107 Å². The summed E-state index contributed by atoms with van der Waals surface area (Å²) in [5, 5.41) is 11.9. The number of amides is 1. The van der Waals surface area contributed by atoms with Gasteiger partial charge >= 0.3 is 0 Å². The second kappa shape index (κ2) is 9.14. The highest BCUT2D eigenvalue weighted by Crippen LogP contribution is 2.45. The predicted molar refractivity (Wildman–Crippen MR) is 136 cm³/mol. The van der Waals surface area contributed by atoms with E-state index >= 15 is 0 Å². The Labute approximate surface area is 203 Å². The van der Waals surface area contributed by atoms with Crippen LogP contribution in [0.3, 0.4) is 0 Å². The van der Waals surface area contributed by atoms with Crippen LogP contribution >= 0.6 is 0 Å². The Morgan fingerprint density at radius 2 is 1.69 bits per heavy atom. The van der Waals surface area contributed by atoms with Gasteiger partial charge < -0.3 is 14.8 Å². The first-order valence-electron chi connectivity index (χ1n) is 11.5.